The summed E-state index contributed by atoms with van der Waals surface area (Å²) < 4.78 is 0. The predicted molar refractivity (Wildman–Crippen MR) is 135 cm³/mol. The lowest BCUT2D eigenvalue weighted by Crippen LogP contribution is -2.49. The Kier molecular flexibility index (Phi) is 7.39. The van der Waals surface area contributed by atoms with Crippen LogP contribution in [0, 0.1) is 0 Å². The number of benzene rings is 2. The number of amides is 2. The molecule has 1 saturated heterocycles. The Labute approximate surface area is 205 Å². The standard InChI is InChI=1S/C23H23ClN6O3S/c24-16-8-6-15(7-9-16)21(32)26-19-20(25)27-23(28-22(19)33)34-14-18(31)30-12-10-29(11-13-30)17-4-2-1-3-5-17/h1-9H,10-14H2,(H,26,32)(H3,25,27,28,33). The van der Waals surface area contributed by atoms with Crippen molar-refractivity contribution in [1.29, 1.82) is 0 Å². The summed E-state index contributed by atoms with van der Waals surface area (Å²) >= 11 is 6.92. The number of nitrogen functional groups attached to an aromatic ring is 1. The number of rotatable bonds is 6. The van der Waals surface area contributed by atoms with Gasteiger partial charge in [0, 0.05) is 42.5 Å². The number of para-hydroxylation sites is 1. The second kappa shape index (κ2) is 10.6. The first-order valence-corrected chi connectivity index (χ1v) is 11.9. The SMILES string of the molecule is Nc1nc(SCC(=O)N2CCN(c3ccccc3)CC2)[nH]c(=O)c1NC(=O)c1ccc(Cl)cc1. The maximum absolute atomic E-state index is 12.6. The van der Waals surface area contributed by atoms with Crippen LogP contribution in [0.25, 0.3) is 0 Å². The van der Waals surface area contributed by atoms with Crippen molar-refractivity contribution in [1.82, 2.24) is 14.9 Å². The lowest BCUT2D eigenvalue weighted by atomic mass is 10.2. The van der Waals surface area contributed by atoms with Crippen LogP contribution in [-0.4, -0.2) is 58.6 Å². The Balaban J connectivity index is 1.32. The van der Waals surface area contributed by atoms with Gasteiger partial charge in [0.15, 0.2) is 11.0 Å². The van der Waals surface area contributed by atoms with E-state index in [2.05, 4.69) is 32.3 Å². The highest BCUT2D eigenvalue weighted by molar-refractivity contribution is 7.99. The lowest BCUT2D eigenvalue weighted by molar-refractivity contribution is -0.128. The number of piperazine rings is 1. The van der Waals surface area contributed by atoms with Crippen molar-refractivity contribution in [2.24, 2.45) is 0 Å². The van der Waals surface area contributed by atoms with Gasteiger partial charge >= 0.3 is 0 Å². The van der Waals surface area contributed by atoms with Crippen molar-refractivity contribution in [3.05, 3.63) is 75.5 Å². The number of hydrogen-bond donors (Lipinski definition) is 3. The molecular formula is C23H23ClN6O3S. The molecule has 176 valence electrons. The highest BCUT2D eigenvalue weighted by Gasteiger charge is 2.22. The van der Waals surface area contributed by atoms with Gasteiger partial charge in [0.1, 0.15) is 5.69 Å². The predicted octanol–water partition coefficient (Wildman–Crippen LogP) is 2.70. The van der Waals surface area contributed by atoms with Crippen LogP contribution in [0.4, 0.5) is 17.2 Å². The number of aromatic amines is 1. The number of carbonyl (C=O) groups is 2. The lowest BCUT2D eigenvalue weighted by Gasteiger charge is -2.36. The Morgan fingerprint density at radius 1 is 1.06 bits per heavy atom. The molecule has 2 aromatic carbocycles. The molecule has 4 N–H and O–H groups in total. The van der Waals surface area contributed by atoms with Crippen LogP contribution in [0.3, 0.4) is 0 Å². The first-order valence-electron chi connectivity index (χ1n) is 10.6. The Hall–Kier alpha value is -3.50. The average Bonchev–Trinajstić information content (AvgIpc) is 2.85. The number of nitrogens with two attached hydrogens (primary N) is 1. The first-order chi connectivity index (χ1) is 16.4. The van der Waals surface area contributed by atoms with Crippen molar-refractivity contribution in [2.75, 3.05) is 47.9 Å². The molecule has 1 aliphatic heterocycles. The van der Waals surface area contributed by atoms with Crippen LogP contribution in [0.1, 0.15) is 10.4 Å². The summed E-state index contributed by atoms with van der Waals surface area (Å²) in [6.07, 6.45) is 0. The van der Waals surface area contributed by atoms with E-state index >= 15 is 0 Å². The number of nitrogens with zero attached hydrogens (tertiary/aromatic N) is 3. The zero-order valence-electron chi connectivity index (χ0n) is 18.2. The third-order valence-corrected chi connectivity index (χ3v) is 6.47. The van der Waals surface area contributed by atoms with Gasteiger partial charge in [-0.3, -0.25) is 19.4 Å². The van der Waals surface area contributed by atoms with Gasteiger partial charge in [0.2, 0.25) is 5.91 Å². The number of nitrogens with one attached hydrogen (secondary N) is 2. The number of aromatic nitrogens is 2. The van der Waals surface area contributed by atoms with Crippen LogP contribution in [0.5, 0.6) is 0 Å². The van der Waals surface area contributed by atoms with E-state index in [1.807, 2.05) is 18.2 Å². The fourth-order valence-corrected chi connectivity index (χ4v) is 4.42. The highest BCUT2D eigenvalue weighted by atomic mass is 35.5. The molecule has 0 radical (unpaired) electrons. The van der Waals surface area contributed by atoms with Crippen LogP contribution in [0.15, 0.2) is 64.5 Å². The minimum Gasteiger partial charge on any atom is -0.382 e. The number of thioether (sulfide) groups is 1. The molecule has 0 saturated carbocycles. The highest BCUT2D eigenvalue weighted by Crippen LogP contribution is 2.20. The summed E-state index contributed by atoms with van der Waals surface area (Å²) in [6.45, 7) is 2.75. The van der Waals surface area contributed by atoms with Crippen LogP contribution < -0.4 is 21.5 Å². The largest absolute Gasteiger partial charge is 0.382 e. The van der Waals surface area contributed by atoms with Crippen molar-refractivity contribution in [2.45, 2.75) is 5.16 Å². The van der Waals surface area contributed by atoms with Gasteiger partial charge in [-0.1, -0.05) is 41.6 Å². The van der Waals surface area contributed by atoms with Gasteiger partial charge in [-0.15, -0.1) is 0 Å². The van der Waals surface area contributed by atoms with Gasteiger partial charge in [-0.25, -0.2) is 4.98 Å². The number of halogens is 1. The molecule has 0 aliphatic carbocycles. The number of hydrogen-bond acceptors (Lipinski definition) is 7. The summed E-state index contributed by atoms with van der Waals surface area (Å²) in [5.41, 5.74) is 6.63. The monoisotopic (exact) mass is 498 g/mol. The van der Waals surface area contributed by atoms with E-state index in [-0.39, 0.29) is 28.3 Å². The normalized spacial score (nSPS) is 13.6. The van der Waals surface area contributed by atoms with Crippen LogP contribution in [0.2, 0.25) is 5.02 Å². The van der Waals surface area contributed by atoms with Gasteiger partial charge in [0.05, 0.1) is 5.75 Å². The molecule has 0 spiro atoms. The summed E-state index contributed by atoms with van der Waals surface area (Å²) in [5.74, 6) is -0.568. The van der Waals surface area contributed by atoms with Gasteiger partial charge in [-0.2, -0.15) is 0 Å². The van der Waals surface area contributed by atoms with E-state index in [4.69, 9.17) is 17.3 Å². The second-order valence-corrected chi connectivity index (χ2v) is 8.98. The molecule has 0 unspecified atom stereocenters. The van der Waals surface area contributed by atoms with Crippen molar-refractivity contribution < 1.29 is 9.59 Å². The van der Waals surface area contributed by atoms with E-state index in [0.29, 0.717) is 23.7 Å². The smallest absolute Gasteiger partial charge is 0.277 e. The molecular weight excluding hydrogens is 476 g/mol. The van der Waals surface area contributed by atoms with E-state index in [9.17, 15) is 14.4 Å². The fraction of sp³-hybridized carbons (Fsp3) is 0.217. The third-order valence-electron chi connectivity index (χ3n) is 5.36. The van der Waals surface area contributed by atoms with Crippen molar-refractivity contribution in [3.8, 4) is 0 Å². The molecule has 0 atom stereocenters. The van der Waals surface area contributed by atoms with Crippen LogP contribution in [-0.2, 0) is 4.79 Å². The second-order valence-electron chi connectivity index (χ2n) is 7.58. The third kappa shape index (κ3) is 5.70. The quantitative estimate of drug-likeness (QED) is 0.352. The summed E-state index contributed by atoms with van der Waals surface area (Å²) in [4.78, 5) is 48.2. The Bertz CT molecular complexity index is 1230. The van der Waals surface area contributed by atoms with Crippen LogP contribution >= 0.6 is 23.4 Å². The molecule has 2 heterocycles. The van der Waals surface area contributed by atoms with Crippen molar-refractivity contribution in [3.63, 3.8) is 0 Å². The number of carbonyl (C=O) groups excluding carboxylic acids is 2. The van der Waals surface area contributed by atoms with E-state index in [0.717, 1.165) is 30.5 Å². The Morgan fingerprint density at radius 2 is 1.74 bits per heavy atom. The van der Waals surface area contributed by atoms with Gasteiger partial charge in [-0.05, 0) is 36.4 Å². The zero-order valence-corrected chi connectivity index (χ0v) is 19.7. The first kappa shape index (κ1) is 23.7. The molecule has 9 nitrogen and oxygen atoms in total. The molecule has 3 aromatic rings. The van der Waals surface area contributed by atoms with Gasteiger partial charge < -0.3 is 20.9 Å². The summed E-state index contributed by atoms with van der Waals surface area (Å²) in [7, 11) is 0. The molecule has 1 aromatic heterocycles. The summed E-state index contributed by atoms with van der Waals surface area (Å²) in [6, 6.07) is 16.3. The fourth-order valence-electron chi connectivity index (χ4n) is 3.52. The van der Waals surface area contributed by atoms with E-state index < -0.39 is 11.5 Å². The minimum absolute atomic E-state index is 0.0425. The molecule has 34 heavy (non-hydrogen) atoms. The molecule has 0 bridgehead atoms. The van der Waals surface area contributed by atoms with E-state index in [1.165, 1.54) is 12.1 Å². The molecule has 1 aliphatic rings. The molecule has 1 fully saturated rings. The summed E-state index contributed by atoms with van der Waals surface area (Å²) in [5, 5.41) is 3.17. The van der Waals surface area contributed by atoms with Gasteiger partial charge in [0.25, 0.3) is 11.5 Å². The topological polar surface area (TPSA) is 124 Å². The Morgan fingerprint density at radius 3 is 2.38 bits per heavy atom. The number of H-pyrrole nitrogens is 1. The average molecular weight is 499 g/mol. The van der Waals surface area contributed by atoms with E-state index in [1.54, 1.807) is 17.0 Å². The maximum Gasteiger partial charge on any atom is 0.277 e. The minimum atomic E-state index is -0.596. The molecule has 2 amide bonds. The number of anilines is 3. The molecule has 4 rings (SSSR count). The maximum atomic E-state index is 12.6. The molecule has 11 heteroatoms. The zero-order chi connectivity index (χ0) is 24.1. The van der Waals surface area contributed by atoms with Crippen molar-refractivity contribution >= 4 is 52.4 Å².